The number of nitrogens with zero attached hydrogens (tertiary/aromatic N) is 1. The number of unbranched alkanes of at least 4 members (excludes halogenated alkanes) is 1. The minimum Gasteiger partial charge on any atom is -0.480 e. The van der Waals surface area contributed by atoms with Gasteiger partial charge in [-0.1, -0.05) is 6.07 Å². The van der Waals surface area contributed by atoms with Gasteiger partial charge >= 0.3 is 5.97 Å². The number of hydrogen-bond acceptors (Lipinski definition) is 3. The maximum Gasteiger partial charge on any atom is 0.323 e. The van der Waals surface area contributed by atoms with Crippen LogP contribution >= 0.6 is 0 Å². The molecule has 0 saturated heterocycles. The summed E-state index contributed by atoms with van der Waals surface area (Å²) in [6.07, 6.45) is 2.25. The van der Waals surface area contributed by atoms with Crippen molar-refractivity contribution in [1.29, 1.82) is 0 Å². The number of anilines is 1. The van der Waals surface area contributed by atoms with E-state index in [0.29, 0.717) is 6.42 Å². The van der Waals surface area contributed by atoms with Gasteiger partial charge < -0.3 is 15.7 Å². The molecule has 4 nitrogen and oxygen atoms in total. The van der Waals surface area contributed by atoms with E-state index in [1.54, 1.807) is 6.92 Å². The normalized spacial score (nSPS) is 13.8. The number of aliphatic carboxylic acids is 1. The highest BCUT2D eigenvalue weighted by Crippen LogP contribution is 2.18. The third-order valence-electron chi connectivity index (χ3n) is 3.58. The van der Waals surface area contributed by atoms with Crippen molar-refractivity contribution in [3.63, 3.8) is 0 Å². The Kier molecular flexibility index (Phi) is 5.57. The lowest BCUT2D eigenvalue weighted by atomic mass is 9.96. The lowest BCUT2D eigenvalue weighted by Gasteiger charge is -2.22. The summed E-state index contributed by atoms with van der Waals surface area (Å²) in [4.78, 5) is 13.1. The molecule has 0 radical (unpaired) electrons. The number of nitrogens with two attached hydrogens (primary N) is 1. The van der Waals surface area contributed by atoms with Crippen molar-refractivity contribution >= 4 is 11.7 Å². The molecular weight excluding hydrogens is 252 g/mol. The third-order valence-corrected chi connectivity index (χ3v) is 3.58. The van der Waals surface area contributed by atoms with Gasteiger partial charge in [-0.05, 0) is 63.3 Å². The molecular formula is C16H26N2O2. The quantitative estimate of drug-likeness (QED) is 0.753. The Hall–Kier alpha value is -1.55. The molecule has 0 fully saturated rings. The van der Waals surface area contributed by atoms with Crippen LogP contribution in [0.1, 0.15) is 37.3 Å². The summed E-state index contributed by atoms with van der Waals surface area (Å²) in [6, 6.07) is 6.48. The molecule has 112 valence electrons. The smallest absolute Gasteiger partial charge is 0.323 e. The first-order valence-corrected chi connectivity index (χ1v) is 7.04. The number of hydrogen-bond donors (Lipinski definition) is 2. The zero-order chi connectivity index (χ0) is 15.3. The molecule has 0 aliphatic heterocycles. The predicted octanol–water partition coefficient (Wildman–Crippen LogP) is 2.71. The van der Waals surface area contributed by atoms with E-state index >= 15 is 0 Å². The van der Waals surface area contributed by atoms with E-state index in [-0.39, 0.29) is 0 Å². The van der Waals surface area contributed by atoms with Gasteiger partial charge in [-0.25, -0.2) is 0 Å². The highest BCUT2D eigenvalue weighted by molar-refractivity contribution is 5.77. The molecule has 4 heteroatoms. The Balaban J connectivity index is 2.44. The number of carboxylic acids is 1. The van der Waals surface area contributed by atoms with Gasteiger partial charge in [0, 0.05) is 19.3 Å². The Bertz CT molecular complexity index is 449. The van der Waals surface area contributed by atoms with Crippen LogP contribution in [0.5, 0.6) is 0 Å². The van der Waals surface area contributed by atoms with Crippen LogP contribution in [0.2, 0.25) is 0 Å². The first kappa shape index (κ1) is 16.5. The van der Waals surface area contributed by atoms with Gasteiger partial charge in [-0.2, -0.15) is 0 Å². The van der Waals surface area contributed by atoms with Gasteiger partial charge in [-0.15, -0.1) is 0 Å². The molecule has 0 amide bonds. The van der Waals surface area contributed by atoms with E-state index in [9.17, 15) is 4.79 Å². The molecule has 0 aromatic heterocycles. The van der Waals surface area contributed by atoms with E-state index < -0.39 is 11.5 Å². The third kappa shape index (κ3) is 4.85. The molecule has 20 heavy (non-hydrogen) atoms. The molecule has 1 rings (SSSR count). The average Bonchev–Trinajstić information content (AvgIpc) is 2.33. The second kappa shape index (κ2) is 6.75. The molecule has 0 bridgehead atoms. The fraction of sp³-hybridized carbons (Fsp3) is 0.562. The maximum atomic E-state index is 10.9. The fourth-order valence-corrected chi connectivity index (χ4v) is 2.25. The minimum atomic E-state index is -1.11. The van der Waals surface area contributed by atoms with Gasteiger partial charge in [-0.3, -0.25) is 4.79 Å². The first-order chi connectivity index (χ1) is 9.22. The van der Waals surface area contributed by atoms with Gasteiger partial charge in [0.25, 0.3) is 0 Å². The molecule has 1 aromatic carbocycles. The highest BCUT2D eigenvalue weighted by atomic mass is 16.4. The van der Waals surface area contributed by atoms with E-state index in [2.05, 4.69) is 44.0 Å². The van der Waals surface area contributed by atoms with Gasteiger partial charge in [0.05, 0.1) is 0 Å². The second-order valence-electron chi connectivity index (χ2n) is 5.95. The standard InChI is InChI=1S/C16H26N2O2/c1-12-9-13(2)11-14(10-12)18(4)8-6-5-7-16(3,17)15(19)20/h9-11H,5-8,17H2,1-4H3,(H,19,20). The molecule has 1 aromatic rings. The van der Waals surface area contributed by atoms with Crippen molar-refractivity contribution in [2.24, 2.45) is 5.73 Å². The Morgan fingerprint density at radius 3 is 2.30 bits per heavy atom. The number of carboxylic acid groups (broad SMARTS) is 1. The average molecular weight is 278 g/mol. The van der Waals surface area contributed by atoms with Crippen molar-refractivity contribution < 1.29 is 9.90 Å². The van der Waals surface area contributed by atoms with Crippen molar-refractivity contribution in [2.75, 3.05) is 18.5 Å². The summed E-state index contributed by atoms with van der Waals surface area (Å²) in [5, 5.41) is 8.95. The van der Waals surface area contributed by atoms with Gasteiger partial charge in [0.1, 0.15) is 5.54 Å². The van der Waals surface area contributed by atoms with E-state index in [1.165, 1.54) is 16.8 Å². The molecule has 0 spiro atoms. The number of benzene rings is 1. The zero-order valence-corrected chi connectivity index (χ0v) is 12.9. The van der Waals surface area contributed by atoms with Crippen molar-refractivity contribution in [3.8, 4) is 0 Å². The summed E-state index contributed by atoms with van der Waals surface area (Å²) < 4.78 is 0. The topological polar surface area (TPSA) is 66.6 Å². The van der Waals surface area contributed by atoms with Crippen LogP contribution in [0.4, 0.5) is 5.69 Å². The van der Waals surface area contributed by atoms with Gasteiger partial charge in [0.15, 0.2) is 0 Å². The van der Waals surface area contributed by atoms with E-state index in [1.807, 2.05) is 0 Å². The number of rotatable bonds is 7. The summed E-state index contributed by atoms with van der Waals surface area (Å²) in [7, 11) is 2.06. The van der Waals surface area contributed by atoms with E-state index in [4.69, 9.17) is 10.8 Å². The largest absolute Gasteiger partial charge is 0.480 e. The molecule has 0 aliphatic rings. The lowest BCUT2D eigenvalue weighted by molar-refractivity contribution is -0.142. The fourth-order valence-electron chi connectivity index (χ4n) is 2.25. The summed E-state index contributed by atoms with van der Waals surface area (Å²) in [6.45, 7) is 6.66. The Morgan fingerprint density at radius 2 is 1.80 bits per heavy atom. The Morgan fingerprint density at radius 1 is 1.25 bits per heavy atom. The monoisotopic (exact) mass is 278 g/mol. The van der Waals surface area contributed by atoms with Gasteiger partial charge in [0.2, 0.25) is 0 Å². The lowest BCUT2D eigenvalue weighted by Crippen LogP contribution is -2.44. The minimum absolute atomic E-state index is 0.503. The Labute approximate surface area is 121 Å². The summed E-state index contributed by atoms with van der Waals surface area (Å²) >= 11 is 0. The van der Waals surface area contributed by atoms with Crippen LogP contribution in [0.25, 0.3) is 0 Å². The zero-order valence-electron chi connectivity index (χ0n) is 12.9. The van der Waals surface area contributed by atoms with E-state index in [0.717, 1.165) is 19.4 Å². The second-order valence-corrected chi connectivity index (χ2v) is 5.95. The maximum absolute atomic E-state index is 10.9. The molecule has 1 atom stereocenters. The summed E-state index contributed by atoms with van der Waals surface area (Å²) in [5.74, 6) is -0.930. The molecule has 1 unspecified atom stereocenters. The molecule has 3 N–H and O–H groups in total. The first-order valence-electron chi connectivity index (χ1n) is 7.04. The summed E-state index contributed by atoms with van der Waals surface area (Å²) in [5.41, 5.74) is 8.32. The van der Waals surface area contributed by atoms with Crippen LogP contribution in [0.15, 0.2) is 18.2 Å². The van der Waals surface area contributed by atoms with Crippen LogP contribution in [0, 0.1) is 13.8 Å². The van der Waals surface area contributed by atoms with Crippen molar-refractivity contribution in [1.82, 2.24) is 0 Å². The highest BCUT2D eigenvalue weighted by Gasteiger charge is 2.26. The van der Waals surface area contributed by atoms with Crippen LogP contribution in [0.3, 0.4) is 0 Å². The molecule has 0 saturated carbocycles. The molecule has 0 heterocycles. The van der Waals surface area contributed by atoms with Crippen molar-refractivity contribution in [2.45, 2.75) is 45.6 Å². The van der Waals surface area contributed by atoms with Crippen LogP contribution < -0.4 is 10.6 Å². The van der Waals surface area contributed by atoms with Crippen LogP contribution in [-0.2, 0) is 4.79 Å². The molecule has 0 aliphatic carbocycles. The predicted molar refractivity (Wildman–Crippen MR) is 83.3 cm³/mol. The number of aryl methyl sites for hydroxylation is 2. The van der Waals surface area contributed by atoms with Crippen molar-refractivity contribution in [3.05, 3.63) is 29.3 Å². The SMILES string of the molecule is Cc1cc(C)cc(N(C)CCCCC(C)(N)C(=O)O)c1. The van der Waals surface area contributed by atoms with Crippen LogP contribution in [-0.4, -0.2) is 30.2 Å². The number of carbonyl (C=O) groups is 1.